The Kier molecular flexibility index (Phi) is 12.2. The maximum Gasteiger partial charge on any atom is 0.408 e. The Labute approximate surface area is 454 Å². The summed E-state index contributed by atoms with van der Waals surface area (Å²) in [5, 5.41) is 0. The van der Waals surface area contributed by atoms with Crippen molar-refractivity contribution in [3.63, 3.8) is 0 Å². The van der Waals surface area contributed by atoms with Gasteiger partial charge in [0.1, 0.15) is 10.4 Å². The summed E-state index contributed by atoms with van der Waals surface area (Å²) in [6, 6.07) is 0. The number of hydrogen-bond acceptors (Lipinski definition) is 9. The fourth-order valence-electron chi connectivity index (χ4n) is 20.9. The molecule has 404 valence electrons. The quantitative estimate of drug-likeness (QED) is 0.153. The smallest absolute Gasteiger partial charge is 0.408 e. The fourth-order valence-corrected chi connectivity index (χ4v) is 22.6. The third kappa shape index (κ3) is 7.08. The normalized spacial score (nSPS) is 45.4. The molecule has 9 nitrogen and oxygen atoms in total. The van der Waals surface area contributed by atoms with Gasteiger partial charge in [-0.3, -0.25) is 28.8 Å². The first-order valence-electron chi connectivity index (χ1n) is 28.8. The van der Waals surface area contributed by atoms with Crippen molar-refractivity contribution in [3.05, 3.63) is 45.5 Å². The first-order chi connectivity index (χ1) is 34.6. The number of Topliss-reactive ketones (excluding diaryl/α,β-unsaturated/α-hetero) is 2. The number of carbonyl (C=O) groups excluding carboxylic acids is 7. The van der Waals surface area contributed by atoms with E-state index < -0.39 is 69.4 Å². The zero-order valence-electron chi connectivity index (χ0n) is 48.6. The molecule has 10 rings (SSSR count). The van der Waals surface area contributed by atoms with Crippen LogP contribution in [0.3, 0.4) is 0 Å². The minimum absolute atomic E-state index is 0.0175. The van der Waals surface area contributed by atoms with E-state index in [4.69, 9.17) is 9.47 Å². The SMILES string of the molecule is COC(=O)C12CCC(C)(C)CC1C1C(=O)C=C3C4(C)C=C(C#C[C](=O)[AlH][C]5=CC6(C)C7=CC(=O)C8C9CC(C)(C)CCC9(C(=O)OC)CCC8(C)C7(C)CCC6C(C)(C)C5=O)C(=O)C(C)(C)C4CCC3(C)C1(C)CC2. The van der Waals surface area contributed by atoms with Crippen LogP contribution in [0, 0.1) is 112 Å². The summed E-state index contributed by atoms with van der Waals surface area (Å²) >= 11 is -1.97. The highest BCUT2D eigenvalue weighted by Gasteiger charge is 2.73. The van der Waals surface area contributed by atoms with E-state index in [9.17, 15) is 24.0 Å². The molecule has 75 heavy (non-hydrogen) atoms. The van der Waals surface area contributed by atoms with Gasteiger partial charge >= 0.3 is 27.2 Å². The third-order valence-corrected chi connectivity index (χ3v) is 26.8. The number of hydrogen-bond donors (Lipinski definition) is 0. The van der Waals surface area contributed by atoms with E-state index in [0.717, 1.165) is 88.2 Å². The first-order valence-corrected chi connectivity index (χ1v) is 30.3. The molecular formula is C65H87AlO9. The lowest BCUT2D eigenvalue weighted by Crippen LogP contribution is -2.66. The molecule has 0 N–H and O–H groups in total. The van der Waals surface area contributed by atoms with Crippen LogP contribution in [0.2, 0.25) is 0 Å². The van der Waals surface area contributed by atoms with E-state index in [1.165, 1.54) is 14.2 Å². The largest absolute Gasteiger partial charge is 0.469 e. The van der Waals surface area contributed by atoms with Gasteiger partial charge in [0.25, 0.3) is 0 Å². The molecule has 0 amide bonds. The molecule has 0 radical (unpaired) electrons. The number of ketones is 4. The van der Waals surface area contributed by atoms with Crippen molar-refractivity contribution < 1.29 is 43.0 Å². The van der Waals surface area contributed by atoms with Crippen molar-refractivity contribution in [2.24, 2.45) is 100 Å². The Hall–Kier alpha value is -3.66. The molecule has 6 fully saturated rings. The molecule has 0 aromatic heterocycles. The molecule has 14 atom stereocenters. The van der Waals surface area contributed by atoms with Gasteiger partial charge < -0.3 is 14.3 Å². The highest BCUT2D eigenvalue weighted by Crippen LogP contribution is 2.77. The van der Waals surface area contributed by atoms with Gasteiger partial charge in [-0.25, -0.2) is 0 Å². The monoisotopic (exact) mass is 1040 g/mol. The summed E-state index contributed by atoms with van der Waals surface area (Å²) < 4.78 is 11.3. The minimum Gasteiger partial charge on any atom is -0.469 e. The summed E-state index contributed by atoms with van der Waals surface area (Å²) in [7, 11) is 2.96. The number of ether oxygens (including phenoxy) is 2. The van der Waals surface area contributed by atoms with Gasteiger partial charge in [-0.05, 0) is 164 Å². The van der Waals surface area contributed by atoms with E-state index in [2.05, 4.69) is 87.2 Å². The number of allylic oxidation sites excluding steroid dienone is 8. The Morgan fingerprint density at radius 1 is 0.533 bits per heavy atom. The van der Waals surface area contributed by atoms with E-state index >= 15 is 9.59 Å². The Balaban J connectivity index is 0.990. The predicted molar refractivity (Wildman–Crippen MR) is 291 cm³/mol. The average Bonchev–Trinajstić information content (AvgIpc) is 3.32. The lowest BCUT2D eigenvalue weighted by atomic mass is 9.34. The van der Waals surface area contributed by atoms with Gasteiger partial charge in [0.15, 0.2) is 17.3 Å². The van der Waals surface area contributed by atoms with Crippen LogP contribution >= 0.6 is 0 Å². The number of carbonyl (C=O) groups is 7. The Morgan fingerprint density at radius 2 is 0.933 bits per heavy atom. The number of methoxy groups -OCH3 is 2. The van der Waals surface area contributed by atoms with E-state index in [0.29, 0.717) is 17.3 Å². The molecule has 0 aliphatic heterocycles. The predicted octanol–water partition coefficient (Wildman–Crippen LogP) is 11.6. The Bertz CT molecular complexity index is 2840. The van der Waals surface area contributed by atoms with E-state index in [1.807, 2.05) is 45.9 Å². The maximum atomic E-state index is 15.1. The summed E-state index contributed by atoms with van der Waals surface area (Å²) in [6.07, 6.45) is 18.7. The summed E-state index contributed by atoms with van der Waals surface area (Å²) in [5.74, 6) is 4.54. The maximum absolute atomic E-state index is 15.1. The number of esters is 2. The molecule has 0 bridgehead atoms. The highest BCUT2D eigenvalue weighted by atomic mass is 27.1. The van der Waals surface area contributed by atoms with Crippen molar-refractivity contribution in [1.29, 1.82) is 0 Å². The molecule has 0 saturated heterocycles. The van der Waals surface area contributed by atoms with E-state index in [-0.39, 0.29) is 91.6 Å². The van der Waals surface area contributed by atoms with Crippen LogP contribution in [-0.2, 0) is 43.0 Å². The summed E-state index contributed by atoms with van der Waals surface area (Å²) in [5.41, 5.74) is -3.76. The van der Waals surface area contributed by atoms with Gasteiger partial charge in [0.05, 0.1) is 30.6 Å². The van der Waals surface area contributed by atoms with E-state index in [1.54, 1.807) is 0 Å². The van der Waals surface area contributed by atoms with Gasteiger partial charge in [-0.1, -0.05) is 131 Å². The fraction of sp³-hybridized carbons (Fsp3) is 0.738. The number of rotatable bonds is 4. The standard InChI is InChI=1S/C34H43O5.C31H43O4.Al.H/c1-29(2)13-15-34(28(38)39-8)16-14-33(7)26(22(34)20-29)23(36)18-25-31(5)19-21(10-9-17-35)27(37)30(3,4)24(31)11-12-32(25,33)6;1-26(2)13-15-31(25(34)35-8)16-14-30(7)24(19(31)18-26)20(32)17-22-28(5)11-10-23(33)27(3,4)21(28)9-12-29(22,30)6;;/h18-19,22,24,26H,11-16,20H2,1-8H3;11,17,19,21,24H,9,12-16,18H2,1-8H3;;. The zero-order valence-corrected chi connectivity index (χ0v) is 50.0. The second-order valence-electron chi connectivity index (χ2n) is 30.5. The highest BCUT2D eigenvalue weighted by molar-refractivity contribution is 6.86. The van der Waals surface area contributed by atoms with Crippen LogP contribution in [0.25, 0.3) is 0 Å². The average molecular weight is 1040 g/mol. The zero-order chi connectivity index (χ0) is 55.1. The molecule has 0 aromatic carbocycles. The molecular weight excluding hydrogens is 952 g/mol. The first kappa shape index (κ1) is 54.7. The molecule has 0 heterocycles. The minimum atomic E-state index is -1.97. The number of fused-ring (bicyclic) bond motifs is 14. The molecule has 14 unspecified atom stereocenters. The van der Waals surface area contributed by atoms with Crippen molar-refractivity contribution in [2.45, 2.75) is 187 Å². The van der Waals surface area contributed by atoms with Gasteiger partial charge in [-0.2, -0.15) is 0 Å². The van der Waals surface area contributed by atoms with Crippen LogP contribution in [0.1, 0.15) is 187 Å². The second kappa shape index (κ2) is 16.7. The van der Waals surface area contributed by atoms with Crippen LogP contribution < -0.4 is 0 Å². The van der Waals surface area contributed by atoms with Crippen molar-refractivity contribution >= 4 is 54.9 Å². The van der Waals surface area contributed by atoms with Crippen molar-refractivity contribution in [1.82, 2.24) is 0 Å². The lowest BCUT2D eigenvalue weighted by molar-refractivity contribution is -0.192. The molecule has 0 aromatic rings. The van der Waals surface area contributed by atoms with Gasteiger partial charge in [-0.15, -0.1) is 0 Å². The van der Waals surface area contributed by atoms with Gasteiger partial charge in [0.2, 0.25) is 0 Å². The Morgan fingerprint density at radius 3 is 1.36 bits per heavy atom. The van der Waals surface area contributed by atoms with Crippen molar-refractivity contribution in [2.75, 3.05) is 14.2 Å². The summed E-state index contributed by atoms with van der Waals surface area (Å²) in [6.45, 7) is 30.7. The van der Waals surface area contributed by atoms with Crippen LogP contribution in [0.4, 0.5) is 0 Å². The van der Waals surface area contributed by atoms with Crippen LogP contribution in [-0.4, -0.2) is 69.2 Å². The molecule has 6 saturated carbocycles. The second-order valence-corrected chi connectivity index (χ2v) is 32.3. The molecule has 10 heteroatoms. The van der Waals surface area contributed by atoms with Crippen LogP contribution in [0.15, 0.2) is 45.5 Å². The van der Waals surface area contributed by atoms with Crippen molar-refractivity contribution in [3.8, 4) is 11.8 Å². The molecule has 10 aliphatic carbocycles. The van der Waals surface area contributed by atoms with Gasteiger partial charge in [0, 0.05) is 33.5 Å². The summed E-state index contributed by atoms with van der Waals surface area (Å²) in [4.78, 5) is 102. The third-order valence-electron chi connectivity index (χ3n) is 25.4. The molecule has 0 spiro atoms. The van der Waals surface area contributed by atoms with Crippen LogP contribution in [0.5, 0.6) is 0 Å². The topological polar surface area (TPSA) is 138 Å². The lowest BCUT2D eigenvalue weighted by Gasteiger charge is -2.69. The molecule has 10 aliphatic rings.